The Morgan fingerprint density at radius 3 is 2.52 bits per heavy atom. The Balaban J connectivity index is 2.38. The molecule has 21 heavy (non-hydrogen) atoms. The number of aromatic nitrogens is 2. The summed E-state index contributed by atoms with van der Waals surface area (Å²) in [5.41, 5.74) is 7.65. The van der Waals surface area contributed by atoms with Crippen molar-refractivity contribution in [1.82, 2.24) is 10.1 Å². The van der Waals surface area contributed by atoms with Crippen LogP contribution in [0.25, 0.3) is 11.4 Å². The average Bonchev–Trinajstić information content (AvgIpc) is 3.00. The lowest BCUT2D eigenvalue weighted by Crippen LogP contribution is -2.34. The molecule has 2 N–H and O–H groups in total. The van der Waals surface area contributed by atoms with Gasteiger partial charge in [0.05, 0.1) is 12.5 Å². The standard InChI is InChI=1S/C16H23N3O2/c1-5-16(6-2,10-17)15-18-14(19-21-15)12-7-8-13(20-4)11(3)9-12/h7-9H,5-6,10,17H2,1-4H3. The predicted octanol–water partition coefficient (Wildman–Crippen LogP) is 3.07. The highest BCUT2D eigenvalue weighted by Gasteiger charge is 2.33. The largest absolute Gasteiger partial charge is 0.496 e. The van der Waals surface area contributed by atoms with E-state index in [0.717, 1.165) is 29.7 Å². The zero-order valence-corrected chi connectivity index (χ0v) is 13.1. The van der Waals surface area contributed by atoms with Crippen molar-refractivity contribution < 1.29 is 9.26 Å². The molecule has 2 aromatic rings. The van der Waals surface area contributed by atoms with E-state index in [2.05, 4.69) is 24.0 Å². The lowest BCUT2D eigenvalue weighted by Gasteiger charge is -2.24. The van der Waals surface area contributed by atoms with Gasteiger partial charge in [0.15, 0.2) is 0 Å². The maximum absolute atomic E-state index is 5.93. The Labute approximate surface area is 125 Å². The fourth-order valence-corrected chi connectivity index (χ4v) is 2.50. The number of ether oxygens (including phenoxy) is 1. The number of benzene rings is 1. The summed E-state index contributed by atoms with van der Waals surface area (Å²) in [4.78, 5) is 4.56. The Hall–Kier alpha value is -1.88. The van der Waals surface area contributed by atoms with Gasteiger partial charge in [-0.15, -0.1) is 0 Å². The summed E-state index contributed by atoms with van der Waals surface area (Å²) in [7, 11) is 1.66. The first-order valence-electron chi connectivity index (χ1n) is 7.29. The summed E-state index contributed by atoms with van der Waals surface area (Å²) in [5.74, 6) is 2.06. The first-order valence-corrected chi connectivity index (χ1v) is 7.29. The normalized spacial score (nSPS) is 11.7. The second kappa shape index (κ2) is 6.26. The van der Waals surface area contributed by atoms with Crippen LogP contribution in [0.3, 0.4) is 0 Å². The smallest absolute Gasteiger partial charge is 0.234 e. The van der Waals surface area contributed by atoms with E-state index in [1.807, 2.05) is 25.1 Å². The molecule has 0 amide bonds. The molecule has 0 aliphatic rings. The minimum Gasteiger partial charge on any atom is -0.496 e. The fraction of sp³-hybridized carbons (Fsp3) is 0.500. The molecule has 114 valence electrons. The predicted molar refractivity (Wildman–Crippen MR) is 82.3 cm³/mol. The third-order valence-electron chi connectivity index (χ3n) is 4.28. The number of hydrogen-bond donors (Lipinski definition) is 1. The van der Waals surface area contributed by atoms with Crippen LogP contribution in [0.2, 0.25) is 0 Å². The van der Waals surface area contributed by atoms with Crippen molar-refractivity contribution in [3.8, 4) is 17.1 Å². The molecular formula is C16H23N3O2. The molecule has 5 nitrogen and oxygen atoms in total. The number of hydrogen-bond acceptors (Lipinski definition) is 5. The van der Waals surface area contributed by atoms with Gasteiger partial charge in [0.1, 0.15) is 5.75 Å². The van der Waals surface area contributed by atoms with Gasteiger partial charge in [0, 0.05) is 12.1 Å². The first-order chi connectivity index (χ1) is 10.1. The van der Waals surface area contributed by atoms with Gasteiger partial charge in [0.2, 0.25) is 11.7 Å². The SMILES string of the molecule is CCC(CC)(CN)c1nc(-c2ccc(OC)c(C)c2)no1. The summed E-state index contributed by atoms with van der Waals surface area (Å²) < 4.78 is 10.7. The molecule has 2 rings (SSSR count). The number of rotatable bonds is 6. The lowest BCUT2D eigenvalue weighted by atomic mass is 9.82. The molecule has 1 aromatic carbocycles. The number of nitrogens with zero attached hydrogens (tertiary/aromatic N) is 2. The molecular weight excluding hydrogens is 266 g/mol. The molecule has 0 saturated heterocycles. The van der Waals surface area contributed by atoms with Gasteiger partial charge in [0.25, 0.3) is 0 Å². The van der Waals surface area contributed by atoms with Crippen LogP contribution in [0.1, 0.15) is 38.1 Å². The van der Waals surface area contributed by atoms with E-state index in [1.54, 1.807) is 7.11 Å². The lowest BCUT2D eigenvalue weighted by molar-refractivity contribution is 0.267. The second-order valence-corrected chi connectivity index (χ2v) is 5.30. The van der Waals surface area contributed by atoms with E-state index in [9.17, 15) is 0 Å². The van der Waals surface area contributed by atoms with Gasteiger partial charge in [-0.1, -0.05) is 19.0 Å². The summed E-state index contributed by atoms with van der Waals surface area (Å²) in [6, 6.07) is 5.84. The maximum atomic E-state index is 5.93. The van der Waals surface area contributed by atoms with Gasteiger partial charge >= 0.3 is 0 Å². The number of nitrogens with two attached hydrogens (primary N) is 1. The summed E-state index contributed by atoms with van der Waals surface area (Å²) in [6.07, 6.45) is 1.76. The van der Waals surface area contributed by atoms with Crippen LogP contribution in [0.4, 0.5) is 0 Å². The van der Waals surface area contributed by atoms with Crippen LogP contribution in [0.15, 0.2) is 22.7 Å². The Morgan fingerprint density at radius 2 is 2.00 bits per heavy atom. The van der Waals surface area contributed by atoms with E-state index in [1.165, 1.54) is 0 Å². The van der Waals surface area contributed by atoms with E-state index in [0.29, 0.717) is 18.3 Å². The van der Waals surface area contributed by atoms with Crippen molar-refractivity contribution in [2.24, 2.45) is 5.73 Å². The maximum Gasteiger partial charge on any atom is 0.234 e. The molecule has 0 unspecified atom stereocenters. The molecule has 0 fully saturated rings. The topological polar surface area (TPSA) is 74.2 Å². The van der Waals surface area contributed by atoms with Gasteiger partial charge < -0.3 is 15.0 Å². The Kier molecular flexibility index (Phi) is 4.63. The van der Waals surface area contributed by atoms with Crippen LogP contribution in [0.5, 0.6) is 5.75 Å². The minimum atomic E-state index is -0.229. The van der Waals surface area contributed by atoms with Crippen molar-refractivity contribution in [3.63, 3.8) is 0 Å². The van der Waals surface area contributed by atoms with E-state index < -0.39 is 0 Å². The molecule has 0 spiro atoms. The van der Waals surface area contributed by atoms with Crippen LogP contribution in [-0.2, 0) is 5.41 Å². The van der Waals surface area contributed by atoms with E-state index in [-0.39, 0.29) is 5.41 Å². The molecule has 0 saturated carbocycles. The summed E-state index contributed by atoms with van der Waals surface area (Å²) in [6.45, 7) is 6.68. The second-order valence-electron chi connectivity index (χ2n) is 5.30. The minimum absolute atomic E-state index is 0.229. The van der Waals surface area contributed by atoms with Crippen LogP contribution in [-0.4, -0.2) is 23.8 Å². The molecule has 5 heteroatoms. The zero-order valence-electron chi connectivity index (χ0n) is 13.1. The van der Waals surface area contributed by atoms with Crippen molar-refractivity contribution in [3.05, 3.63) is 29.7 Å². The molecule has 1 aromatic heterocycles. The van der Waals surface area contributed by atoms with Crippen LogP contribution in [0, 0.1) is 6.92 Å². The highest BCUT2D eigenvalue weighted by atomic mass is 16.5. The number of methoxy groups -OCH3 is 1. The van der Waals surface area contributed by atoms with Gasteiger partial charge in [-0.2, -0.15) is 4.98 Å². The monoisotopic (exact) mass is 289 g/mol. The molecule has 0 radical (unpaired) electrons. The fourth-order valence-electron chi connectivity index (χ4n) is 2.50. The average molecular weight is 289 g/mol. The Bertz CT molecular complexity index is 595. The molecule has 0 bridgehead atoms. The van der Waals surface area contributed by atoms with Crippen LogP contribution < -0.4 is 10.5 Å². The third kappa shape index (κ3) is 2.78. The molecule has 0 atom stereocenters. The van der Waals surface area contributed by atoms with E-state index >= 15 is 0 Å². The van der Waals surface area contributed by atoms with Gasteiger partial charge in [-0.25, -0.2) is 0 Å². The summed E-state index contributed by atoms with van der Waals surface area (Å²) in [5, 5.41) is 4.11. The van der Waals surface area contributed by atoms with Crippen molar-refractivity contribution in [2.75, 3.05) is 13.7 Å². The third-order valence-corrected chi connectivity index (χ3v) is 4.28. The van der Waals surface area contributed by atoms with E-state index in [4.69, 9.17) is 15.0 Å². The van der Waals surface area contributed by atoms with Crippen molar-refractivity contribution in [1.29, 1.82) is 0 Å². The van der Waals surface area contributed by atoms with Crippen molar-refractivity contribution in [2.45, 2.75) is 39.0 Å². The van der Waals surface area contributed by atoms with Gasteiger partial charge in [-0.05, 0) is 43.5 Å². The summed E-state index contributed by atoms with van der Waals surface area (Å²) >= 11 is 0. The zero-order chi connectivity index (χ0) is 15.5. The highest BCUT2D eigenvalue weighted by Crippen LogP contribution is 2.31. The first kappa shape index (κ1) is 15.5. The Morgan fingerprint density at radius 1 is 1.29 bits per heavy atom. The number of aryl methyl sites for hydroxylation is 1. The highest BCUT2D eigenvalue weighted by molar-refractivity contribution is 5.58. The quantitative estimate of drug-likeness (QED) is 0.884. The molecule has 1 heterocycles. The molecule has 0 aliphatic carbocycles. The van der Waals surface area contributed by atoms with Crippen molar-refractivity contribution >= 4 is 0 Å². The molecule has 0 aliphatic heterocycles. The van der Waals surface area contributed by atoms with Crippen LogP contribution >= 0.6 is 0 Å². The van der Waals surface area contributed by atoms with Gasteiger partial charge in [-0.3, -0.25) is 0 Å².